The number of rotatable bonds is 5. The molecule has 6 nitrogen and oxygen atoms in total. The summed E-state index contributed by atoms with van der Waals surface area (Å²) in [5.41, 5.74) is 2.20. The van der Waals surface area contributed by atoms with Crippen LogP contribution in [0.3, 0.4) is 0 Å². The lowest BCUT2D eigenvalue weighted by molar-refractivity contribution is -0.119. The summed E-state index contributed by atoms with van der Waals surface area (Å²) >= 11 is 7.74. The largest absolute Gasteiger partial charge is 0.451 e. The molecule has 0 unspecified atom stereocenters. The summed E-state index contributed by atoms with van der Waals surface area (Å²) in [5, 5.41) is 6.53. The summed E-state index contributed by atoms with van der Waals surface area (Å²) in [4.78, 5) is 24.2. The molecule has 0 spiro atoms. The number of hydrogen-bond acceptors (Lipinski definition) is 6. The summed E-state index contributed by atoms with van der Waals surface area (Å²) in [5.74, 6) is -1.02. The van der Waals surface area contributed by atoms with E-state index in [9.17, 15) is 9.59 Å². The predicted octanol–water partition coefficient (Wildman–Crippen LogP) is 3.73. The Kier molecular flexibility index (Phi) is 6.25. The van der Waals surface area contributed by atoms with Crippen molar-refractivity contribution in [2.75, 3.05) is 11.9 Å². The minimum atomic E-state index is -0.589. The molecule has 0 saturated heterocycles. The van der Waals surface area contributed by atoms with E-state index in [-0.39, 0.29) is 6.61 Å². The van der Waals surface area contributed by atoms with Crippen LogP contribution in [-0.4, -0.2) is 28.1 Å². The number of amides is 1. The number of benzene rings is 1. The molecule has 0 aliphatic rings. The Hall–Kier alpha value is -1.32. The average molecular weight is 463 g/mol. The molecule has 0 aliphatic carbocycles. The van der Waals surface area contributed by atoms with Gasteiger partial charge in [-0.3, -0.25) is 4.79 Å². The molecule has 0 radical (unpaired) electrons. The lowest BCUT2D eigenvalue weighted by Gasteiger charge is -2.11. The molecule has 1 amide bonds. The first kappa shape index (κ1) is 18.0. The fraction of sp³-hybridized carbons (Fsp3) is 0.286. The molecular weight excluding hydrogens is 450 g/mol. The van der Waals surface area contributed by atoms with Gasteiger partial charge >= 0.3 is 5.97 Å². The van der Waals surface area contributed by atoms with Crippen LogP contribution in [0.5, 0.6) is 0 Å². The molecule has 0 saturated carbocycles. The molecule has 1 N–H and O–H groups in total. The van der Waals surface area contributed by atoms with Gasteiger partial charge < -0.3 is 10.1 Å². The predicted molar refractivity (Wildman–Crippen MR) is 94.8 cm³/mol. The Bertz CT molecular complexity index is 726. The average Bonchev–Trinajstić information content (AvgIpc) is 2.97. The topological polar surface area (TPSA) is 81.2 Å². The molecule has 2 rings (SSSR count). The van der Waals surface area contributed by atoms with Gasteiger partial charge in [0.25, 0.3) is 5.91 Å². The number of halogens is 2. The van der Waals surface area contributed by atoms with Crippen LogP contribution < -0.4 is 5.32 Å². The van der Waals surface area contributed by atoms with Gasteiger partial charge in [0.05, 0.1) is 11.4 Å². The molecule has 2 aromatic rings. The van der Waals surface area contributed by atoms with Gasteiger partial charge in [-0.2, -0.15) is 0 Å². The van der Waals surface area contributed by atoms with Gasteiger partial charge in [-0.15, -0.1) is 5.10 Å². The first-order chi connectivity index (χ1) is 10.9. The van der Waals surface area contributed by atoms with Crippen LogP contribution in [0.15, 0.2) is 21.1 Å². The Morgan fingerprint density at radius 1 is 1.30 bits per heavy atom. The number of anilines is 1. The van der Waals surface area contributed by atoms with Crippen molar-refractivity contribution in [3.63, 3.8) is 0 Å². The van der Waals surface area contributed by atoms with Crippen molar-refractivity contribution in [1.29, 1.82) is 0 Å². The minimum Gasteiger partial charge on any atom is -0.451 e. The fourth-order valence-corrected chi connectivity index (χ4v) is 4.05. The Balaban J connectivity index is 1.97. The highest BCUT2D eigenvalue weighted by atomic mass is 79.9. The molecule has 1 aromatic heterocycles. The Morgan fingerprint density at radius 2 is 1.96 bits per heavy atom. The maximum Gasteiger partial charge on any atom is 0.352 e. The summed E-state index contributed by atoms with van der Waals surface area (Å²) in [6.45, 7) is 3.43. The SMILES string of the molecule is CCc1nnsc1C(=O)OCC(=O)Nc1c(Br)cc(C)cc1Br. The smallest absolute Gasteiger partial charge is 0.352 e. The number of carbonyl (C=O) groups is 2. The van der Waals surface area contributed by atoms with Gasteiger partial charge in [-0.1, -0.05) is 11.4 Å². The van der Waals surface area contributed by atoms with Crippen LogP contribution in [0, 0.1) is 6.92 Å². The standard InChI is InChI=1S/C14H13Br2N3O3S/c1-3-10-13(23-19-18-10)14(21)22-6-11(20)17-12-8(15)4-7(2)5-9(12)16/h4-5H,3,6H2,1-2H3,(H,17,20). The monoisotopic (exact) mass is 461 g/mol. The van der Waals surface area contributed by atoms with Gasteiger partial charge in [-0.25, -0.2) is 4.79 Å². The third kappa shape index (κ3) is 4.58. The van der Waals surface area contributed by atoms with E-state index in [1.165, 1.54) is 0 Å². The lowest BCUT2D eigenvalue weighted by Crippen LogP contribution is -2.21. The second-order valence-electron chi connectivity index (χ2n) is 4.63. The third-order valence-electron chi connectivity index (χ3n) is 2.86. The van der Waals surface area contributed by atoms with Crippen molar-refractivity contribution >= 4 is 61.0 Å². The molecule has 0 fully saturated rings. The van der Waals surface area contributed by atoms with Crippen molar-refractivity contribution in [1.82, 2.24) is 9.59 Å². The molecule has 9 heteroatoms. The van der Waals surface area contributed by atoms with E-state index in [2.05, 4.69) is 46.8 Å². The van der Waals surface area contributed by atoms with Crippen LogP contribution in [0.4, 0.5) is 5.69 Å². The second-order valence-corrected chi connectivity index (χ2v) is 7.09. The zero-order chi connectivity index (χ0) is 17.0. The second kappa shape index (κ2) is 7.98. The number of nitrogens with one attached hydrogen (secondary N) is 1. The Morgan fingerprint density at radius 3 is 2.57 bits per heavy atom. The third-order valence-corrected chi connectivity index (χ3v) is 4.86. The molecule has 1 heterocycles. The quantitative estimate of drug-likeness (QED) is 0.684. The van der Waals surface area contributed by atoms with Crippen LogP contribution in [0.1, 0.15) is 27.9 Å². The highest BCUT2D eigenvalue weighted by Crippen LogP contribution is 2.32. The summed E-state index contributed by atoms with van der Waals surface area (Å²) in [7, 11) is 0. The lowest BCUT2D eigenvalue weighted by atomic mass is 10.2. The summed E-state index contributed by atoms with van der Waals surface area (Å²) in [6, 6.07) is 3.76. The van der Waals surface area contributed by atoms with Crippen LogP contribution >= 0.6 is 43.4 Å². The molecule has 0 bridgehead atoms. The molecule has 0 atom stereocenters. The first-order valence-corrected chi connectivity index (χ1v) is 9.02. The zero-order valence-corrected chi connectivity index (χ0v) is 16.3. The molecule has 23 heavy (non-hydrogen) atoms. The van der Waals surface area contributed by atoms with Crippen molar-refractivity contribution in [2.45, 2.75) is 20.3 Å². The number of aryl methyl sites for hydroxylation is 2. The summed E-state index contributed by atoms with van der Waals surface area (Å²) < 4.78 is 10.2. The van der Waals surface area contributed by atoms with E-state index in [1.54, 1.807) is 0 Å². The van der Waals surface area contributed by atoms with Crippen molar-refractivity contribution < 1.29 is 14.3 Å². The molecule has 1 aromatic carbocycles. The first-order valence-electron chi connectivity index (χ1n) is 6.66. The highest BCUT2D eigenvalue weighted by molar-refractivity contribution is 9.11. The molecular formula is C14H13Br2N3O3S. The van der Waals surface area contributed by atoms with E-state index in [0.717, 1.165) is 26.0 Å². The highest BCUT2D eigenvalue weighted by Gasteiger charge is 2.18. The van der Waals surface area contributed by atoms with Crippen LogP contribution in [0.2, 0.25) is 0 Å². The number of aromatic nitrogens is 2. The zero-order valence-electron chi connectivity index (χ0n) is 12.4. The van der Waals surface area contributed by atoms with E-state index in [4.69, 9.17) is 4.74 Å². The normalized spacial score (nSPS) is 10.4. The Labute approximate surface area is 154 Å². The van der Waals surface area contributed by atoms with Crippen molar-refractivity contribution in [2.24, 2.45) is 0 Å². The minimum absolute atomic E-state index is 0.331. The van der Waals surface area contributed by atoms with Gasteiger partial charge in [0.1, 0.15) is 0 Å². The van der Waals surface area contributed by atoms with Crippen LogP contribution in [-0.2, 0) is 16.0 Å². The number of hydrogen-bond donors (Lipinski definition) is 1. The molecule has 122 valence electrons. The fourth-order valence-electron chi connectivity index (χ4n) is 1.79. The van der Waals surface area contributed by atoms with E-state index < -0.39 is 11.9 Å². The number of ether oxygens (including phenoxy) is 1. The van der Waals surface area contributed by atoms with Gasteiger partial charge in [0, 0.05) is 8.95 Å². The maximum absolute atomic E-state index is 12.0. The van der Waals surface area contributed by atoms with Crippen LogP contribution in [0.25, 0.3) is 0 Å². The number of carbonyl (C=O) groups excluding carboxylic acids is 2. The van der Waals surface area contributed by atoms with E-state index in [0.29, 0.717) is 22.7 Å². The number of esters is 1. The van der Waals surface area contributed by atoms with Gasteiger partial charge in [0.15, 0.2) is 11.5 Å². The van der Waals surface area contributed by atoms with Gasteiger partial charge in [-0.05, 0) is 74.4 Å². The maximum atomic E-state index is 12.0. The van der Waals surface area contributed by atoms with Crippen molar-refractivity contribution in [3.05, 3.63) is 37.2 Å². The van der Waals surface area contributed by atoms with Crippen molar-refractivity contribution in [3.8, 4) is 0 Å². The molecule has 0 aliphatic heterocycles. The van der Waals surface area contributed by atoms with E-state index >= 15 is 0 Å². The number of nitrogens with zero attached hydrogens (tertiary/aromatic N) is 2. The van der Waals surface area contributed by atoms with E-state index in [1.807, 2.05) is 26.0 Å². The van der Waals surface area contributed by atoms with Gasteiger partial charge in [0.2, 0.25) is 0 Å². The summed E-state index contributed by atoms with van der Waals surface area (Å²) in [6.07, 6.45) is 0.580.